The van der Waals surface area contributed by atoms with E-state index < -0.39 is 17.8 Å². The first kappa shape index (κ1) is 20.5. The third kappa shape index (κ3) is 4.53. The number of benzene rings is 1. The maximum atomic E-state index is 12.1. The molecule has 0 radical (unpaired) electrons. The molecule has 1 aromatic rings. The van der Waals surface area contributed by atoms with Gasteiger partial charge in [0.25, 0.3) is 0 Å². The normalized spacial score (nSPS) is 10.9. The Kier molecular flexibility index (Phi) is 7.03. The molecule has 0 N–H and O–H groups in total. The Hall–Kier alpha value is -2.50. The maximum Gasteiger partial charge on any atom is 0.160 e. The second kappa shape index (κ2) is 8.55. The molecule has 0 saturated heterocycles. The van der Waals surface area contributed by atoms with E-state index in [0.29, 0.717) is 17.1 Å². The molecule has 0 spiro atoms. The first-order valence-corrected chi connectivity index (χ1v) is 7.89. The predicted octanol–water partition coefficient (Wildman–Crippen LogP) is 2.38. The van der Waals surface area contributed by atoms with Gasteiger partial charge in [0.05, 0.1) is 26.1 Å². The van der Waals surface area contributed by atoms with Crippen molar-refractivity contribution in [1.82, 2.24) is 0 Å². The zero-order valence-corrected chi connectivity index (χ0v) is 15.4. The highest BCUT2D eigenvalue weighted by Gasteiger charge is 2.41. The Morgan fingerprint density at radius 2 is 1.12 bits per heavy atom. The summed E-state index contributed by atoms with van der Waals surface area (Å²) in [7, 11) is 2.94. The number of Topliss-reactive ketones (excluding diaryl/α,β-unsaturated/α-hetero) is 4. The molecule has 0 unspecified atom stereocenters. The smallest absolute Gasteiger partial charge is 0.160 e. The Morgan fingerprint density at radius 3 is 1.44 bits per heavy atom. The summed E-state index contributed by atoms with van der Waals surface area (Å²) in [4.78, 5) is 48.5. The van der Waals surface area contributed by atoms with Gasteiger partial charge in [0.15, 0.2) is 11.5 Å². The first-order chi connectivity index (χ1) is 11.6. The molecule has 0 bridgehead atoms. The zero-order valence-electron chi connectivity index (χ0n) is 15.4. The van der Waals surface area contributed by atoms with Crippen LogP contribution in [0.5, 0.6) is 11.5 Å². The zero-order chi connectivity index (χ0) is 19.3. The molecule has 0 aliphatic heterocycles. The summed E-state index contributed by atoms with van der Waals surface area (Å²) in [5, 5.41) is 0. The third-order valence-electron chi connectivity index (χ3n) is 4.26. The van der Waals surface area contributed by atoms with Crippen LogP contribution in [-0.2, 0) is 19.2 Å². The molecule has 0 atom stereocenters. The van der Waals surface area contributed by atoms with E-state index >= 15 is 0 Å². The molecular weight excluding hydrogens is 324 g/mol. The van der Waals surface area contributed by atoms with Gasteiger partial charge in [0.2, 0.25) is 0 Å². The highest BCUT2D eigenvalue weighted by atomic mass is 16.5. The van der Waals surface area contributed by atoms with E-state index in [0.717, 1.165) is 0 Å². The molecule has 0 amide bonds. The number of methoxy groups -OCH3 is 2. The lowest BCUT2D eigenvalue weighted by Crippen LogP contribution is -2.37. The molecule has 25 heavy (non-hydrogen) atoms. The van der Waals surface area contributed by atoms with Gasteiger partial charge in [-0.3, -0.25) is 19.2 Å². The van der Waals surface area contributed by atoms with E-state index in [2.05, 4.69) is 0 Å². The van der Waals surface area contributed by atoms with Crippen molar-refractivity contribution >= 4 is 23.1 Å². The lowest BCUT2D eigenvalue weighted by atomic mass is 9.71. The molecule has 0 heterocycles. The topological polar surface area (TPSA) is 86.7 Å². The Balaban J connectivity index is 3.66. The van der Waals surface area contributed by atoms with E-state index in [9.17, 15) is 19.2 Å². The van der Waals surface area contributed by atoms with E-state index in [1.807, 2.05) is 0 Å². The molecule has 0 aromatic heterocycles. The van der Waals surface area contributed by atoms with Crippen LogP contribution in [0.15, 0.2) is 18.2 Å². The summed E-state index contributed by atoms with van der Waals surface area (Å²) in [5.74, 6) is -3.76. The Bertz CT molecular complexity index is 631. The van der Waals surface area contributed by atoms with Crippen molar-refractivity contribution in [3.63, 3.8) is 0 Å². The highest BCUT2D eigenvalue weighted by molar-refractivity contribution is 6.06. The van der Waals surface area contributed by atoms with Gasteiger partial charge >= 0.3 is 0 Å². The summed E-state index contributed by atoms with van der Waals surface area (Å²) in [5.41, 5.74) is 0.503. The molecule has 136 valence electrons. The van der Waals surface area contributed by atoms with Gasteiger partial charge in [-0.15, -0.1) is 0 Å². The van der Waals surface area contributed by atoms with Crippen LogP contribution in [0.25, 0.3) is 0 Å². The first-order valence-electron chi connectivity index (χ1n) is 7.89. The van der Waals surface area contributed by atoms with Crippen molar-refractivity contribution in [1.29, 1.82) is 0 Å². The lowest BCUT2D eigenvalue weighted by molar-refractivity contribution is -0.135. The van der Waals surface area contributed by atoms with Crippen molar-refractivity contribution in [2.45, 2.75) is 33.6 Å². The van der Waals surface area contributed by atoms with Crippen LogP contribution in [0.4, 0.5) is 0 Å². The number of carbonyl (C=O) groups excluding carboxylic acids is 4. The van der Waals surface area contributed by atoms with E-state index in [4.69, 9.17) is 9.47 Å². The lowest BCUT2D eigenvalue weighted by Gasteiger charge is -2.29. The number of ketones is 4. The summed E-state index contributed by atoms with van der Waals surface area (Å²) >= 11 is 0. The van der Waals surface area contributed by atoms with Crippen molar-refractivity contribution in [3.05, 3.63) is 23.8 Å². The van der Waals surface area contributed by atoms with Crippen LogP contribution in [0, 0.1) is 11.8 Å². The van der Waals surface area contributed by atoms with Crippen LogP contribution in [0.2, 0.25) is 0 Å². The van der Waals surface area contributed by atoms with Gasteiger partial charge in [-0.05, 0) is 45.4 Å². The molecule has 0 saturated carbocycles. The van der Waals surface area contributed by atoms with E-state index in [1.165, 1.54) is 41.9 Å². The number of ether oxygens (including phenoxy) is 2. The standard InChI is InChI=1S/C19H24O6/c1-10(20)17(11(2)21)19(18(12(3)22)13(4)23)14-7-8-15(24-5)16(9-14)25-6/h7-9,17-19H,1-6H3. The van der Waals surface area contributed by atoms with Gasteiger partial charge in [-0.2, -0.15) is 0 Å². The molecule has 1 aromatic carbocycles. The minimum absolute atomic E-state index is 0.389. The van der Waals surface area contributed by atoms with E-state index in [-0.39, 0.29) is 23.1 Å². The average Bonchev–Trinajstić information content (AvgIpc) is 2.52. The minimum Gasteiger partial charge on any atom is -0.493 e. The van der Waals surface area contributed by atoms with Gasteiger partial charge < -0.3 is 9.47 Å². The number of rotatable bonds is 9. The van der Waals surface area contributed by atoms with Crippen molar-refractivity contribution in [2.75, 3.05) is 14.2 Å². The quantitative estimate of drug-likeness (QED) is 0.637. The fourth-order valence-electron chi connectivity index (χ4n) is 3.22. The van der Waals surface area contributed by atoms with Crippen LogP contribution in [-0.4, -0.2) is 37.4 Å². The van der Waals surface area contributed by atoms with E-state index in [1.54, 1.807) is 18.2 Å². The summed E-state index contributed by atoms with van der Waals surface area (Å²) in [6.07, 6.45) is 0. The van der Waals surface area contributed by atoms with Crippen molar-refractivity contribution in [3.8, 4) is 11.5 Å². The second-order valence-corrected chi connectivity index (χ2v) is 6.04. The Morgan fingerprint density at radius 1 is 0.720 bits per heavy atom. The third-order valence-corrected chi connectivity index (χ3v) is 4.26. The molecule has 1 rings (SSSR count). The second-order valence-electron chi connectivity index (χ2n) is 6.04. The monoisotopic (exact) mass is 348 g/mol. The van der Waals surface area contributed by atoms with Gasteiger partial charge in [-0.1, -0.05) is 6.07 Å². The van der Waals surface area contributed by atoms with Crippen LogP contribution in [0.3, 0.4) is 0 Å². The fourth-order valence-corrected chi connectivity index (χ4v) is 3.22. The molecule has 0 fully saturated rings. The molecule has 0 aliphatic carbocycles. The predicted molar refractivity (Wildman–Crippen MR) is 92.0 cm³/mol. The molecule has 6 nitrogen and oxygen atoms in total. The van der Waals surface area contributed by atoms with Gasteiger partial charge in [-0.25, -0.2) is 0 Å². The molecule has 0 aliphatic rings. The molecule has 6 heteroatoms. The number of hydrogen-bond acceptors (Lipinski definition) is 6. The van der Waals surface area contributed by atoms with Crippen LogP contribution in [0.1, 0.15) is 39.2 Å². The average molecular weight is 348 g/mol. The summed E-state index contributed by atoms with van der Waals surface area (Å²) < 4.78 is 10.5. The minimum atomic E-state index is -1.09. The Labute approximate surface area is 147 Å². The largest absolute Gasteiger partial charge is 0.493 e. The summed E-state index contributed by atoms with van der Waals surface area (Å²) in [6.45, 7) is 5.16. The number of hydrogen-bond donors (Lipinski definition) is 0. The SMILES string of the molecule is COc1ccc(C(C(C(C)=O)C(C)=O)C(C(C)=O)C(C)=O)cc1OC. The van der Waals surface area contributed by atoms with Gasteiger partial charge in [0, 0.05) is 5.92 Å². The number of carbonyl (C=O) groups is 4. The van der Waals surface area contributed by atoms with Crippen LogP contribution < -0.4 is 9.47 Å². The van der Waals surface area contributed by atoms with Crippen LogP contribution >= 0.6 is 0 Å². The van der Waals surface area contributed by atoms with Crippen molar-refractivity contribution < 1.29 is 28.7 Å². The maximum absolute atomic E-state index is 12.1. The fraction of sp³-hybridized carbons (Fsp3) is 0.474. The highest BCUT2D eigenvalue weighted by Crippen LogP contribution is 2.39. The molecular formula is C19H24O6. The van der Waals surface area contributed by atoms with Gasteiger partial charge in [0.1, 0.15) is 23.1 Å². The van der Waals surface area contributed by atoms with Crippen molar-refractivity contribution in [2.24, 2.45) is 11.8 Å². The summed E-state index contributed by atoms with van der Waals surface area (Å²) in [6, 6.07) is 4.86.